The number of nitrogens with one attached hydrogen (secondary N) is 1. The zero-order chi connectivity index (χ0) is 19.6. The zero-order valence-electron chi connectivity index (χ0n) is 14.2. The molecule has 11 heteroatoms. The molecule has 0 amide bonds. The Morgan fingerprint density at radius 1 is 1.41 bits per heavy atom. The van der Waals surface area contributed by atoms with Crippen LogP contribution in [0.25, 0.3) is 0 Å². The van der Waals surface area contributed by atoms with Gasteiger partial charge in [0.05, 0.1) is 13.1 Å². The predicted molar refractivity (Wildman–Crippen MR) is 98.7 cm³/mol. The Kier molecular flexibility index (Phi) is 5.63. The summed E-state index contributed by atoms with van der Waals surface area (Å²) in [7, 11) is -1.54. The molecule has 3 rings (SSSR count). The molecule has 0 bridgehead atoms. The molecule has 5 N–H and O–H groups in total. The highest BCUT2D eigenvalue weighted by atomic mass is 32.1. The van der Waals surface area contributed by atoms with E-state index in [1.807, 2.05) is 0 Å². The molecule has 1 fully saturated rings. The van der Waals surface area contributed by atoms with Gasteiger partial charge in [0.2, 0.25) is 0 Å². The van der Waals surface area contributed by atoms with Gasteiger partial charge in [0.15, 0.2) is 10.8 Å². The first-order valence-electron chi connectivity index (χ1n) is 8.21. The van der Waals surface area contributed by atoms with Crippen molar-refractivity contribution in [2.24, 2.45) is 0 Å². The number of rotatable bonds is 7. The molecule has 0 aliphatic carbocycles. The third kappa shape index (κ3) is 4.21. The van der Waals surface area contributed by atoms with E-state index >= 15 is 0 Å². The van der Waals surface area contributed by atoms with Crippen LogP contribution < -0.4 is 4.74 Å². The second-order valence-electron chi connectivity index (χ2n) is 6.10. The van der Waals surface area contributed by atoms with Crippen molar-refractivity contribution in [2.75, 3.05) is 13.1 Å². The molecule has 0 saturated carbocycles. The van der Waals surface area contributed by atoms with Gasteiger partial charge in [-0.25, -0.2) is 9.78 Å². The minimum absolute atomic E-state index is 0.0245. The van der Waals surface area contributed by atoms with Gasteiger partial charge < -0.3 is 29.9 Å². The van der Waals surface area contributed by atoms with Crippen LogP contribution in [0.15, 0.2) is 23.7 Å². The number of ether oxygens (including phenoxy) is 1. The maximum atomic E-state index is 11.6. The molecule has 27 heavy (non-hydrogen) atoms. The number of phenols is 1. The number of carboxylic acids is 1. The first-order valence-corrected chi connectivity index (χ1v) is 9.09. The Hall–Kier alpha value is -2.63. The number of benzene rings is 1. The maximum Gasteiger partial charge on any atom is 0.451 e. The van der Waals surface area contributed by atoms with Gasteiger partial charge in [-0.05, 0) is 24.4 Å². The van der Waals surface area contributed by atoms with Crippen LogP contribution in [-0.2, 0) is 6.42 Å². The molecule has 2 heterocycles. The van der Waals surface area contributed by atoms with Gasteiger partial charge in [-0.2, -0.15) is 0 Å². The maximum absolute atomic E-state index is 11.6. The molecule has 1 aliphatic heterocycles. The SMILES string of the molecule is N=C(c1nccs1)N1CC(Oc2ccc(CCB(O)O)c(O)c2C(=O)O)C1. The number of aromatic hydroxyl groups is 1. The average molecular weight is 391 g/mol. The monoisotopic (exact) mass is 391 g/mol. The van der Waals surface area contributed by atoms with E-state index in [0.717, 1.165) is 0 Å². The molecule has 1 saturated heterocycles. The fourth-order valence-electron chi connectivity index (χ4n) is 2.76. The summed E-state index contributed by atoms with van der Waals surface area (Å²) in [6, 6.07) is 2.96. The van der Waals surface area contributed by atoms with Crippen molar-refractivity contribution < 1.29 is 29.8 Å². The van der Waals surface area contributed by atoms with Gasteiger partial charge >= 0.3 is 13.1 Å². The molecule has 1 aromatic heterocycles. The molecule has 142 valence electrons. The van der Waals surface area contributed by atoms with Crippen LogP contribution in [0.4, 0.5) is 0 Å². The van der Waals surface area contributed by atoms with Gasteiger partial charge in [-0.15, -0.1) is 11.3 Å². The van der Waals surface area contributed by atoms with Crippen molar-refractivity contribution in [3.63, 3.8) is 0 Å². The fourth-order valence-corrected chi connectivity index (χ4v) is 3.37. The summed E-state index contributed by atoms with van der Waals surface area (Å²) in [4.78, 5) is 17.4. The third-order valence-corrected chi connectivity index (χ3v) is 4.98. The summed E-state index contributed by atoms with van der Waals surface area (Å²) in [6.45, 7) is 0.827. The molecule has 0 radical (unpaired) electrons. The van der Waals surface area contributed by atoms with Gasteiger partial charge in [-0.1, -0.05) is 6.07 Å². The number of nitrogens with zero attached hydrogens (tertiary/aromatic N) is 2. The van der Waals surface area contributed by atoms with Crippen molar-refractivity contribution in [3.05, 3.63) is 39.8 Å². The Morgan fingerprint density at radius 2 is 2.15 bits per heavy atom. The van der Waals surface area contributed by atoms with Crippen molar-refractivity contribution in [3.8, 4) is 11.5 Å². The zero-order valence-corrected chi connectivity index (χ0v) is 15.0. The van der Waals surface area contributed by atoms with E-state index < -0.39 is 18.8 Å². The second kappa shape index (κ2) is 7.95. The molecular weight excluding hydrogens is 373 g/mol. The molecular formula is C16H18BN3O6S. The summed E-state index contributed by atoms with van der Waals surface area (Å²) < 4.78 is 5.71. The van der Waals surface area contributed by atoms with Gasteiger partial charge in [0, 0.05) is 11.6 Å². The number of aromatic carboxylic acids is 1. The number of carbonyl (C=O) groups is 1. The minimum atomic E-state index is -1.54. The Bertz CT molecular complexity index is 839. The minimum Gasteiger partial charge on any atom is -0.507 e. The first-order chi connectivity index (χ1) is 12.9. The Balaban J connectivity index is 1.67. The summed E-state index contributed by atoms with van der Waals surface area (Å²) >= 11 is 1.37. The lowest BCUT2D eigenvalue weighted by Gasteiger charge is -2.40. The highest BCUT2D eigenvalue weighted by Crippen LogP contribution is 2.34. The Morgan fingerprint density at radius 3 is 2.74 bits per heavy atom. The van der Waals surface area contributed by atoms with Crippen LogP contribution in [0.5, 0.6) is 11.5 Å². The molecule has 9 nitrogen and oxygen atoms in total. The van der Waals surface area contributed by atoms with E-state index in [-0.39, 0.29) is 30.2 Å². The summed E-state index contributed by atoms with van der Waals surface area (Å²) in [5, 5.41) is 48.0. The van der Waals surface area contributed by atoms with E-state index in [1.165, 1.54) is 23.5 Å². The number of likely N-dealkylation sites (tertiary alicyclic amines) is 1. The third-order valence-electron chi connectivity index (χ3n) is 4.20. The van der Waals surface area contributed by atoms with E-state index in [0.29, 0.717) is 29.5 Å². The summed E-state index contributed by atoms with van der Waals surface area (Å²) in [5.41, 5.74) is -0.0537. The van der Waals surface area contributed by atoms with E-state index in [4.69, 9.17) is 20.2 Å². The van der Waals surface area contributed by atoms with Crippen molar-refractivity contribution in [1.82, 2.24) is 9.88 Å². The number of amidine groups is 1. The van der Waals surface area contributed by atoms with Crippen molar-refractivity contribution in [2.45, 2.75) is 18.8 Å². The highest BCUT2D eigenvalue weighted by Gasteiger charge is 2.33. The summed E-state index contributed by atoms with van der Waals surface area (Å²) in [5.74, 6) is -1.43. The largest absolute Gasteiger partial charge is 0.507 e. The molecule has 0 unspecified atom stereocenters. The number of thiazole rings is 1. The number of aromatic nitrogens is 1. The van der Waals surface area contributed by atoms with E-state index in [2.05, 4.69) is 4.98 Å². The lowest BCUT2D eigenvalue weighted by Crippen LogP contribution is -2.56. The number of carboxylic acid groups (broad SMARTS) is 1. The van der Waals surface area contributed by atoms with E-state index in [1.54, 1.807) is 16.5 Å². The lowest BCUT2D eigenvalue weighted by atomic mass is 9.82. The van der Waals surface area contributed by atoms with Crippen LogP contribution in [0.3, 0.4) is 0 Å². The summed E-state index contributed by atoms with van der Waals surface area (Å²) in [6.07, 6.45) is 1.41. The lowest BCUT2D eigenvalue weighted by molar-refractivity contribution is 0.0596. The van der Waals surface area contributed by atoms with Gasteiger partial charge in [-0.3, -0.25) is 5.41 Å². The van der Waals surface area contributed by atoms with Crippen LogP contribution in [0.2, 0.25) is 6.32 Å². The molecule has 2 aromatic rings. The van der Waals surface area contributed by atoms with Crippen LogP contribution >= 0.6 is 11.3 Å². The van der Waals surface area contributed by atoms with Crippen LogP contribution in [0, 0.1) is 5.41 Å². The topological polar surface area (TPSA) is 147 Å². The second-order valence-corrected chi connectivity index (χ2v) is 7.00. The number of hydrogen-bond donors (Lipinski definition) is 5. The van der Waals surface area contributed by atoms with Gasteiger partial charge in [0.1, 0.15) is 23.2 Å². The van der Waals surface area contributed by atoms with Crippen molar-refractivity contribution >= 4 is 30.3 Å². The standard InChI is InChI=1S/C16H18BN3O6S/c18-14(15-19-5-6-27-15)20-7-10(8-20)26-11-2-1-9(3-4-17(24)25)13(21)12(11)16(22)23/h1-2,5-6,10,18,21,24-25H,3-4,7-8H2,(H,22,23). The molecule has 1 aromatic carbocycles. The predicted octanol–water partition coefficient (Wildman–Crippen LogP) is 0.651. The Labute approximate surface area is 159 Å². The average Bonchev–Trinajstić information content (AvgIpc) is 3.10. The van der Waals surface area contributed by atoms with Crippen molar-refractivity contribution in [1.29, 1.82) is 5.41 Å². The first kappa shape index (κ1) is 19.1. The highest BCUT2D eigenvalue weighted by molar-refractivity contribution is 7.11. The molecule has 0 spiro atoms. The van der Waals surface area contributed by atoms with Gasteiger partial charge in [0.25, 0.3) is 0 Å². The molecule has 0 atom stereocenters. The fraction of sp³-hybridized carbons (Fsp3) is 0.312. The quantitative estimate of drug-likeness (QED) is 0.263. The molecule has 1 aliphatic rings. The number of aryl methyl sites for hydroxylation is 1. The van der Waals surface area contributed by atoms with E-state index in [9.17, 15) is 15.0 Å². The van der Waals surface area contributed by atoms with Crippen LogP contribution in [0.1, 0.15) is 20.9 Å². The smallest absolute Gasteiger partial charge is 0.451 e. The van der Waals surface area contributed by atoms with Crippen LogP contribution in [-0.4, -0.2) is 68.3 Å². The number of hydrogen-bond acceptors (Lipinski definition) is 8. The normalized spacial score (nSPS) is 13.9.